The average Bonchev–Trinajstić information content (AvgIpc) is 2.56. The van der Waals surface area contributed by atoms with E-state index in [1.165, 1.54) is 5.56 Å². The summed E-state index contributed by atoms with van der Waals surface area (Å²) in [6.07, 6.45) is 4.62. The molecule has 1 aromatic carbocycles. The van der Waals surface area contributed by atoms with Crippen molar-refractivity contribution in [3.05, 3.63) is 65.5 Å². The molecule has 0 saturated heterocycles. The van der Waals surface area contributed by atoms with Gasteiger partial charge in [0, 0.05) is 12.4 Å². The number of carbonyl (C=O) groups is 1. The molecule has 4 nitrogen and oxygen atoms in total. The highest BCUT2D eigenvalue weighted by Gasteiger charge is 2.23. The molecule has 0 spiro atoms. The zero-order chi connectivity index (χ0) is 15.4. The third-order valence-corrected chi connectivity index (χ3v) is 4.03. The summed E-state index contributed by atoms with van der Waals surface area (Å²) in [6.45, 7) is 2.64. The maximum atomic E-state index is 12.3. The van der Waals surface area contributed by atoms with Crippen molar-refractivity contribution in [3.63, 3.8) is 0 Å². The molecule has 0 aliphatic carbocycles. The first-order valence-corrected chi connectivity index (χ1v) is 7.62. The van der Waals surface area contributed by atoms with Gasteiger partial charge in [-0.05, 0) is 36.1 Å². The highest BCUT2D eigenvalue weighted by atomic mass is 16.5. The van der Waals surface area contributed by atoms with Gasteiger partial charge in [-0.2, -0.15) is 0 Å². The van der Waals surface area contributed by atoms with Crippen LogP contribution < -0.4 is 5.32 Å². The molecule has 0 bridgehead atoms. The molecule has 1 aromatic heterocycles. The molecular weight excluding hydrogens is 276 g/mol. The van der Waals surface area contributed by atoms with Crippen LogP contribution in [0.15, 0.2) is 48.8 Å². The number of carbonyl (C=O) groups excluding carboxylic acids is 1. The first-order valence-electron chi connectivity index (χ1n) is 7.62. The average molecular weight is 296 g/mol. The van der Waals surface area contributed by atoms with E-state index in [-0.39, 0.29) is 18.1 Å². The van der Waals surface area contributed by atoms with Crippen LogP contribution in [0, 0.1) is 0 Å². The summed E-state index contributed by atoms with van der Waals surface area (Å²) in [7, 11) is 0. The van der Waals surface area contributed by atoms with Crippen molar-refractivity contribution in [2.75, 3.05) is 6.61 Å². The molecule has 4 heteroatoms. The zero-order valence-corrected chi connectivity index (χ0v) is 12.7. The third-order valence-electron chi connectivity index (χ3n) is 4.03. The van der Waals surface area contributed by atoms with Gasteiger partial charge < -0.3 is 10.1 Å². The van der Waals surface area contributed by atoms with Crippen LogP contribution in [0.2, 0.25) is 0 Å². The Labute approximate surface area is 130 Å². The molecule has 1 aliphatic rings. The van der Waals surface area contributed by atoms with Crippen molar-refractivity contribution in [2.45, 2.75) is 31.9 Å². The van der Waals surface area contributed by atoms with E-state index in [1.54, 1.807) is 12.4 Å². The first-order chi connectivity index (χ1) is 10.7. The predicted molar refractivity (Wildman–Crippen MR) is 84.3 cm³/mol. The lowest BCUT2D eigenvalue weighted by Crippen LogP contribution is -2.29. The number of nitrogens with one attached hydrogen (secondary N) is 1. The van der Waals surface area contributed by atoms with Gasteiger partial charge in [0.05, 0.1) is 25.2 Å². The fraction of sp³-hybridized carbons (Fsp3) is 0.333. The van der Waals surface area contributed by atoms with Crippen LogP contribution in [0.3, 0.4) is 0 Å². The van der Waals surface area contributed by atoms with Crippen LogP contribution in [0.1, 0.15) is 42.2 Å². The van der Waals surface area contributed by atoms with E-state index in [2.05, 4.69) is 22.4 Å². The smallest absolute Gasteiger partial charge is 0.223 e. The Morgan fingerprint density at radius 2 is 2.23 bits per heavy atom. The lowest BCUT2D eigenvalue weighted by molar-refractivity contribution is -0.125. The largest absolute Gasteiger partial charge is 0.373 e. The molecule has 0 unspecified atom stereocenters. The van der Waals surface area contributed by atoms with Crippen LogP contribution in [-0.4, -0.2) is 17.5 Å². The lowest BCUT2D eigenvalue weighted by atomic mass is 9.95. The van der Waals surface area contributed by atoms with Crippen molar-refractivity contribution < 1.29 is 9.53 Å². The molecule has 0 radical (unpaired) electrons. The van der Waals surface area contributed by atoms with Crippen molar-refractivity contribution in [1.82, 2.24) is 10.3 Å². The number of ether oxygens (including phenoxy) is 1. The fourth-order valence-electron chi connectivity index (χ4n) is 2.83. The van der Waals surface area contributed by atoms with Crippen LogP contribution in [-0.2, 0) is 16.0 Å². The van der Waals surface area contributed by atoms with Gasteiger partial charge in [0.1, 0.15) is 0 Å². The van der Waals surface area contributed by atoms with Gasteiger partial charge in [0.25, 0.3) is 0 Å². The van der Waals surface area contributed by atoms with Gasteiger partial charge in [-0.15, -0.1) is 0 Å². The van der Waals surface area contributed by atoms with Crippen molar-refractivity contribution in [2.24, 2.45) is 0 Å². The number of rotatable bonds is 4. The maximum Gasteiger partial charge on any atom is 0.223 e. The second-order valence-corrected chi connectivity index (χ2v) is 5.59. The molecule has 2 atom stereocenters. The van der Waals surface area contributed by atoms with Crippen molar-refractivity contribution in [1.29, 1.82) is 0 Å². The minimum Gasteiger partial charge on any atom is -0.373 e. The first kappa shape index (κ1) is 14.7. The number of benzene rings is 1. The van der Waals surface area contributed by atoms with Crippen LogP contribution in [0.5, 0.6) is 0 Å². The second kappa shape index (κ2) is 6.71. The van der Waals surface area contributed by atoms with Crippen molar-refractivity contribution >= 4 is 5.91 Å². The zero-order valence-electron chi connectivity index (χ0n) is 12.7. The Bertz CT molecular complexity index is 643. The number of nitrogens with zero attached hydrogens (tertiary/aromatic N) is 1. The quantitative estimate of drug-likeness (QED) is 0.943. The van der Waals surface area contributed by atoms with E-state index in [1.807, 2.05) is 31.2 Å². The van der Waals surface area contributed by atoms with Gasteiger partial charge in [-0.3, -0.25) is 9.78 Å². The molecular formula is C18H20N2O2. The Morgan fingerprint density at radius 3 is 3.05 bits per heavy atom. The summed E-state index contributed by atoms with van der Waals surface area (Å²) in [5, 5.41) is 3.02. The molecule has 3 rings (SSSR count). The summed E-state index contributed by atoms with van der Waals surface area (Å²) in [5.74, 6) is -0.00180. The number of amides is 1. The third kappa shape index (κ3) is 3.34. The van der Waals surface area contributed by atoms with E-state index in [0.717, 1.165) is 17.5 Å². The number of hydrogen-bond donors (Lipinski definition) is 1. The van der Waals surface area contributed by atoms with E-state index < -0.39 is 0 Å². The molecule has 2 heterocycles. The summed E-state index contributed by atoms with van der Waals surface area (Å²) < 4.78 is 5.79. The molecule has 0 saturated carbocycles. The fourth-order valence-corrected chi connectivity index (χ4v) is 2.83. The summed E-state index contributed by atoms with van der Waals surface area (Å²) in [6, 6.07) is 12.0. The minimum absolute atomic E-state index is 0.00180. The number of aromatic nitrogens is 1. The van der Waals surface area contributed by atoms with Crippen molar-refractivity contribution in [3.8, 4) is 0 Å². The van der Waals surface area contributed by atoms with Gasteiger partial charge in [0.2, 0.25) is 5.91 Å². The standard InChI is InChI=1S/C18H20N2O2/c1-13(15-6-4-9-19-12-15)20-18(21)11-17-16-7-3-2-5-14(16)8-10-22-17/h2-7,9,12-13,17H,8,10-11H2,1H3,(H,20,21)/t13-,17+/m0/s1. The molecule has 2 aromatic rings. The second-order valence-electron chi connectivity index (χ2n) is 5.59. The Hall–Kier alpha value is -2.20. The van der Waals surface area contributed by atoms with Crippen LogP contribution >= 0.6 is 0 Å². The monoisotopic (exact) mass is 296 g/mol. The summed E-state index contributed by atoms with van der Waals surface area (Å²) in [4.78, 5) is 16.4. The molecule has 1 aliphatic heterocycles. The minimum atomic E-state index is -0.147. The molecule has 0 fully saturated rings. The topological polar surface area (TPSA) is 51.2 Å². The van der Waals surface area contributed by atoms with Crippen LogP contribution in [0.25, 0.3) is 0 Å². The molecule has 22 heavy (non-hydrogen) atoms. The van der Waals surface area contributed by atoms with E-state index >= 15 is 0 Å². The predicted octanol–water partition coefficient (Wildman–Crippen LogP) is 2.96. The molecule has 1 N–H and O–H groups in total. The molecule has 114 valence electrons. The SMILES string of the molecule is C[C@H](NC(=O)C[C@H]1OCCc2ccccc21)c1cccnc1. The Kier molecular flexibility index (Phi) is 4.49. The van der Waals surface area contributed by atoms with E-state index in [9.17, 15) is 4.79 Å². The molecule has 1 amide bonds. The van der Waals surface area contributed by atoms with Crippen LogP contribution in [0.4, 0.5) is 0 Å². The Morgan fingerprint density at radius 1 is 1.36 bits per heavy atom. The number of fused-ring (bicyclic) bond motifs is 1. The Balaban J connectivity index is 1.63. The highest BCUT2D eigenvalue weighted by Crippen LogP contribution is 2.29. The highest BCUT2D eigenvalue weighted by molar-refractivity contribution is 5.77. The number of hydrogen-bond acceptors (Lipinski definition) is 3. The number of pyridine rings is 1. The van der Waals surface area contributed by atoms with Gasteiger partial charge in [-0.25, -0.2) is 0 Å². The normalized spacial score (nSPS) is 18.3. The van der Waals surface area contributed by atoms with Gasteiger partial charge >= 0.3 is 0 Å². The summed E-state index contributed by atoms with van der Waals surface area (Å²) >= 11 is 0. The van der Waals surface area contributed by atoms with E-state index in [0.29, 0.717) is 13.0 Å². The van der Waals surface area contributed by atoms with Gasteiger partial charge in [0.15, 0.2) is 0 Å². The summed E-state index contributed by atoms with van der Waals surface area (Å²) in [5.41, 5.74) is 3.42. The lowest BCUT2D eigenvalue weighted by Gasteiger charge is -2.26. The van der Waals surface area contributed by atoms with E-state index in [4.69, 9.17) is 4.74 Å². The maximum absolute atomic E-state index is 12.3. The van der Waals surface area contributed by atoms with Gasteiger partial charge in [-0.1, -0.05) is 30.3 Å².